The molecule has 0 aromatic heterocycles. The van der Waals surface area contributed by atoms with Gasteiger partial charge in [-0.25, -0.2) is 0 Å². The van der Waals surface area contributed by atoms with Crippen LogP contribution >= 0.6 is 7.92 Å². The summed E-state index contributed by atoms with van der Waals surface area (Å²) in [6.07, 6.45) is 5.66. The van der Waals surface area contributed by atoms with Crippen LogP contribution in [-0.2, 0) is 0 Å². The van der Waals surface area contributed by atoms with Crippen LogP contribution in [0.4, 0.5) is 0 Å². The number of benzene rings is 2. The number of hydrogen-bond donors (Lipinski definition) is 0. The molecule has 0 unspecified atom stereocenters. The fourth-order valence-electron chi connectivity index (χ4n) is 2.91. The van der Waals surface area contributed by atoms with Gasteiger partial charge in [0.1, 0.15) is 0 Å². The van der Waals surface area contributed by atoms with E-state index in [0.717, 1.165) is 5.66 Å². The van der Waals surface area contributed by atoms with Crippen molar-refractivity contribution in [2.45, 2.75) is 45.2 Å². The van der Waals surface area contributed by atoms with E-state index >= 15 is 0 Å². The molecular formula is C19H25P. The summed E-state index contributed by atoms with van der Waals surface area (Å²) in [5, 5.41) is 3.09. The van der Waals surface area contributed by atoms with E-state index in [2.05, 4.69) is 60.7 Å². The molecule has 0 radical (unpaired) electrons. The minimum absolute atomic E-state index is 0.152. The Hall–Kier alpha value is -1.13. The smallest absolute Gasteiger partial charge is 0.0129 e. The van der Waals surface area contributed by atoms with Crippen molar-refractivity contribution >= 4 is 18.5 Å². The van der Waals surface area contributed by atoms with Gasteiger partial charge in [0.25, 0.3) is 0 Å². The summed E-state index contributed by atoms with van der Waals surface area (Å²) < 4.78 is 0. The van der Waals surface area contributed by atoms with Crippen molar-refractivity contribution in [1.82, 2.24) is 0 Å². The molecule has 1 aliphatic rings. The quantitative estimate of drug-likeness (QED) is 0.689. The monoisotopic (exact) mass is 284 g/mol. The third-order valence-electron chi connectivity index (χ3n) is 3.76. The van der Waals surface area contributed by atoms with Gasteiger partial charge in [0.2, 0.25) is 0 Å². The summed E-state index contributed by atoms with van der Waals surface area (Å²) in [5.41, 5.74) is 0.893. The Morgan fingerprint density at radius 3 is 1.50 bits per heavy atom. The van der Waals surface area contributed by atoms with Gasteiger partial charge in [0.15, 0.2) is 0 Å². The van der Waals surface area contributed by atoms with Gasteiger partial charge in [-0.05, 0) is 37.0 Å². The van der Waals surface area contributed by atoms with Crippen molar-refractivity contribution in [3.63, 3.8) is 0 Å². The lowest BCUT2D eigenvalue weighted by Gasteiger charge is -2.25. The van der Waals surface area contributed by atoms with E-state index in [-0.39, 0.29) is 7.92 Å². The van der Waals surface area contributed by atoms with Crippen molar-refractivity contribution in [2.75, 3.05) is 0 Å². The average molecular weight is 284 g/mol. The summed E-state index contributed by atoms with van der Waals surface area (Å²) in [6, 6.07) is 22.2. The van der Waals surface area contributed by atoms with Gasteiger partial charge >= 0.3 is 0 Å². The van der Waals surface area contributed by atoms with Crippen molar-refractivity contribution in [3.05, 3.63) is 60.7 Å². The van der Waals surface area contributed by atoms with Gasteiger partial charge in [-0.1, -0.05) is 87.4 Å². The van der Waals surface area contributed by atoms with E-state index in [4.69, 9.17) is 0 Å². The van der Waals surface area contributed by atoms with Crippen LogP contribution in [0.1, 0.15) is 39.5 Å². The highest BCUT2D eigenvalue weighted by Gasteiger charge is 2.26. The molecule has 0 saturated heterocycles. The third-order valence-corrected chi connectivity index (χ3v) is 6.71. The summed E-state index contributed by atoms with van der Waals surface area (Å²) in [5.74, 6) is 0. The molecule has 0 aliphatic heterocycles. The Morgan fingerprint density at radius 2 is 1.10 bits per heavy atom. The predicted molar refractivity (Wildman–Crippen MR) is 92.7 cm³/mol. The molecule has 0 bridgehead atoms. The fraction of sp³-hybridized carbons (Fsp3) is 0.368. The molecule has 0 atom stereocenters. The maximum Gasteiger partial charge on any atom is -0.0129 e. The van der Waals surface area contributed by atoms with Gasteiger partial charge < -0.3 is 0 Å². The highest BCUT2D eigenvalue weighted by molar-refractivity contribution is 7.73. The van der Waals surface area contributed by atoms with Crippen LogP contribution in [0.25, 0.3) is 0 Å². The number of hydrogen-bond acceptors (Lipinski definition) is 0. The van der Waals surface area contributed by atoms with Gasteiger partial charge in [-0.3, -0.25) is 0 Å². The highest BCUT2D eigenvalue weighted by atomic mass is 31.1. The lowest BCUT2D eigenvalue weighted by Crippen LogP contribution is -2.19. The van der Waals surface area contributed by atoms with Crippen LogP contribution in [0, 0.1) is 0 Å². The molecule has 106 valence electrons. The topological polar surface area (TPSA) is 0 Å². The Kier molecular flexibility index (Phi) is 6.27. The van der Waals surface area contributed by atoms with Crippen LogP contribution in [0.5, 0.6) is 0 Å². The van der Waals surface area contributed by atoms with E-state index in [1.807, 2.05) is 13.8 Å². The predicted octanol–water partition coefficient (Wildman–Crippen LogP) is 5.09. The SMILES string of the molecule is CC.c1ccc(P(c2ccccc2)C2CCCC2)cc1. The molecule has 0 amide bonds. The lowest BCUT2D eigenvalue weighted by molar-refractivity contribution is 0.886. The van der Waals surface area contributed by atoms with Gasteiger partial charge in [0.05, 0.1) is 0 Å². The first kappa shape index (κ1) is 15.3. The normalized spacial score (nSPS) is 14.9. The molecule has 1 fully saturated rings. The second kappa shape index (κ2) is 8.22. The van der Waals surface area contributed by atoms with E-state index in [1.165, 1.54) is 25.7 Å². The van der Waals surface area contributed by atoms with Gasteiger partial charge in [0, 0.05) is 0 Å². The minimum atomic E-state index is -0.152. The zero-order valence-electron chi connectivity index (χ0n) is 12.6. The molecule has 3 rings (SSSR count). The fourth-order valence-corrected chi connectivity index (χ4v) is 5.92. The molecule has 0 spiro atoms. The molecule has 2 aromatic rings. The molecule has 1 heteroatoms. The third kappa shape index (κ3) is 3.70. The molecular weight excluding hydrogens is 259 g/mol. The van der Waals surface area contributed by atoms with Crippen LogP contribution in [0.15, 0.2) is 60.7 Å². The Bertz CT molecular complexity index is 432. The largest absolute Gasteiger partial charge is 0.0683 e. The first-order valence-corrected chi connectivity index (χ1v) is 9.25. The average Bonchev–Trinajstić information content (AvgIpc) is 3.06. The molecule has 2 aromatic carbocycles. The second-order valence-corrected chi connectivity index (χ2v) is 7.48. The Balaban J connectivity index is 0.000000704. The lowest BCUT2D eigenvalue weighted by atomic mass is 10.3. The molecule has 0 heterocycles. The van der Waals surface area contributed by atoms with E-state index in [0.29, 0.717) is 0 Å². The Morgan fingerprint density at radius 1 is 0.700 bits per heavy atom. The van der Waals surface area contributed by atoms with E-state index in [9.17, 15) is 0 Å². The highest BCUT2D eigenvalue weighted by Crippen LogP contribution is 2.46. The van der Waals surface area contributed by atoms with Crippen molar-refractivity contribution in [3.8, 4) is 0 Å². The van der Waals surface area contributed by atoms with E-state index < -0.39 is 0 Å². The van der Waals surface area contributed by atoms with Gasteiger partial charge in [-0.2, -0.15) is 0 Å². The van der Waals surface area contributed by atoms with Gasteiger partial charge in [-0.15, -0.1) is 0 Å². The zero-order valence-corrected chi connectivity index (χ0v) is 13.5. The van der Waals surface area contributed by atoms with Crippen LogP contribution in [0.2, 0.25) is 0 Å². The van der Waals surface area contributed by atoms with Crippen LogP contribution in [0.3, 0.4) is 0 Å². The zero-order chi connectivity index (χ0) is 14.2. The molecule has 1 aliphatic carbocycles. The first-order chi connectivity index (χ1) is 9.95. The summed E-state index contributed by atoms with van der Waals surface area (Å²) in [6.45, 7) is 4.00. The summed E-state index contributed by atoms with van der Waals surface area (Å²) >= 11 is 0. The van der Waals surface area contributed by atoms with Crippen LogP contribution < -0.4 is 10.6 Å². The van der Waals surface area contributed by atoms with Crippen LogP contribution in [-0.4, -0.2) is 5.66 Å². The minimum Gasteiger partial charge on any atom is -0.0683 e. The number of rotatable bonds is 3. The molecule has 20 heavy (non-hydrogen) atoms. The summed E-state index contributed by atoms with van der Waals surface area (Å²) in [7, 11) is -0.152. The molecule has 0 N–H and O–H groups in total. The molecule has 0 nitrogen and oxygen atoms in total. The maximum atomic E-state index is 2.32. The van der Waals surface area contributed by atoms with Crippen molar-refractivity contribution in [1.29, 1.82) is 0 Å². The standard InChI is InChI=1S/C17H19P.C2H6/c1-3-9-15(10-4-1)18(17-13-7-8-14-17)16-11-5-2-6-12-16;1-2/h1-6,9-12,17H,7-8,13-14H2;1-2H3. The van der Waals surface area contributed by atoms with Crippen molar-refractivity contribution < 1.29 is 0 Å². The summed E-state index contributed by atoms with van der Waals surface area (Å²) in [4.78, 5) is 0. The Labute approximate surface area is 125 Å². The maximum absolute atomic E-state index is 2.32. The van der Waals surface area contributed by atoms with Crippen molar-refractivity contribution in [2.24, 2.45) is 0 Å². The van der Waals surface area contributed by atoms with E-state index in [1.54, 1.807) is 10.6 Å². The first-order valence-electron chi connectivity index (χ1n) is 7.84. The molecule has 1 saturated carbocycles. The second-order valence-electron chi connectivity index (χ2n) is 4.98.